The van der Waals surface area contributed by atoms with Crippen LogP contribution in [0.15, 0.2) is 23.1 Å². The fourth-order valence-corrected chi connectivity index (χ4v) is 5.47. The number of aliphatic hydroxyl groups is 1. The molecule has 1 aromatic rings. The molecule has 162 valence electrons. The van der Waals surface area contributed by atoms with E-state index in [1.54, 1.807) is 6.92 Å². The second-order valence-electron chi connectivity index (χ2n) is 9.16. The maximum Gasteiger partial charge on any atom is 0.497 e. The maximum atomic E-state index is 14.8. The molecule has 2 saturated heterocycles. The number of halogens is 1. The Kier molecular flexibility index (Phi) is 6.20. The number of rotatable bonds is 5. The summed E-state index contributed by atoms with van der Waals surface area (Å²) in [7, 11) is -4.48. The summed E-state index contributed by atoms with van der Waals surface area (Å²) in [6.45, 7) is 10.6. The van der Waals surface area contributed by atoms with Crippen LogP contribution >= 0.6 is 0 Å². The zero-order valence-corrected chi connectivity index (χ0v) is 18.6. The first-order valence-electron chi connectivity index (χ1n) is 10.1. The molecule has 2 fully saturated rings. The number of hydrogen-bond acceptors (Lipinski definition) is 6. The summed E-state index contributed by atoms with van der Waals surface area (Å²) in [6.07, 6.45) is 0.862. The highest BCUT2D eigenvalue weighted by Gasteiger charge is 2.52. The van der Waals surface area contributed by atoms with E-state index in [0.717, 1.165) is 6.07 Å². The molecule has 6 nitrogen and oxygen atoms in total. The standard InChI is InChI=1S/C20H31BFNO5S/c1-14(24)23-10-8-15(9-11-23)13-29(25,26)16-6-7-17(18(22)12-16)21-27-19(2,3)20(4,5)28-21/h6-7,12,14-15,24H,8-11,13H2,1-5H3. The number of benzene rings is 1. The Bertz CT molecular complexity index is 834. The van der Waals surface area contributed by atoms with E-state index in [9.17, 15) is 17.9 Å². The number of nitrogens with zero attached hydrogens (tertiary/aromatic N) is 1. The fourth-order valence-electron chi connectivity index (χ4n) is 3.76. The molecule has 2 heterocycles. The van der Waals surface area contributed by atoms with Gasteiger partial charge in [-0.1, -0.05) is 6.07 Å². The monoisotopic (exact) mass is 427 g/mol. The zero-order valence-electron chi connectivity index (χ0n) is 17.8. The van der Waals surface area contributed by atoms with Crippen LogP contribution in [-0.4, -0.2) is 61.8 Å². The Balaban J connectivity index is 1.71. The summed E-state index contributed by atoms with van der Waals surface area (Å²) in [6, 6.07) is 3.95. The highest BCUT2D eigenvalue weighted by Crippen LogP contribution is 2.36. The first-order valence-corrected chi connectivity index (χ1v) is 11.8. The van der Waals surface area contributed by atoms with Gasteiger partial charge in [0.25, 0.3) is 0 Å². The lowest BCUT2D eigenvalue weighted by Gasteiger charge is -2.33. The van der Waals surface area contributed by atoms with E-state index in [2.05, 4.69) is 0 Å². The van der Waals surface area contributed by atoms with E-state index in [4.69, 9.17) is 9.31 Å². The molecular formula is C20H31BFNO5S. The first kappa shape index (κ1) is 22.7. The van der Waals surface area contributed by atoms with Gasteiger partial charge >= 0.3 is 7.12 Å². The van der Waals surface area contributed by atoms with Crippen molar-refractivity contribution in [2.45, 2.75) is 69.8 Å². The minimum absolute atomic E-state index is 0.000773. The molecule has 0 aromatic heterocycles. The van der Waals surface area contributed by atoms with Gasteiger partial charge in [0.2, 0.25) is 0 Å². The van der Waals surface area contributed by atoms with Crippen molar-refractivity contribution < 1.29 is 27.2 Å². The van der Waals surface area contributed by atoms with Crippen LogP contribution in [0.1, 0.15) is 47.5 Å². The topological polar surface area (TPSA) is 76.1 Å². The van der Waals surface area contributed by atoms with Crippen molar-refractivity contribution in [3.8, 4) is 0 Å². The molecule has 0 aliphatic carbocycles. The Morgan fingerprint density at radius 1 is 1.21 bits per heavy atom. The van der Waals surface area contributed by atoms with Crippen LogP contribution in [0.25, 0.3) is 0 Å². The second kappa shape index (κ2) is 7.92. The third-order valence-corrected chi connectivity index (χ3v) is 8.35. The van der Waals surface area contributed by atoms with Crippen LogP contribution in [0.5, 0.6) is 0 Å². The molecule has 0 saturated carbocycles. The van der Waals surface area contributed by atoms with Crippen LogP contribution in [0, 0.1) is 11.7 Å². The van der Waals surface area contributed by atoms with E-state index in [1.165, 1.54) is 12.1 Å². The number of likely N-dealkylation sites (tertiary alicyclic amines) is 1. The maximum absolute atomic E-state index is 14.8. The normalized spacial score (nSPS) is 24.0. The molecule has 0 amide bonds. The molecule has 1 N–H and O–H groups in total. The molecule has 2 aliphatic heterocycles. The highest BCUT2D eigenvalue weighted by molar-refractivity contribution is 7.91. The molecule has 0 radical (unpaired) electrons. The molecule has 9 heteroatoms. The average molecular weight is 427 g/mol. The van der Waals surface area contributed by atoms with Gasteiger partial charge in [-0.2, -0.15) is 0 Å². The van der Waals surface area contributed by atoms with Gasteiger partial charge in [-0.25, -0.2) is 12.8 Å². The van der Waals surface area contributed by atoms with Crippen molar-refractivity contribution in [1.29, 1.82) is 0 Å². The van der Waals surface area contributed by atoms with E-state index < -0.39 is 40.2 Å². The van der Waals surface area contributed by atoms with E-state index in [1.807, 2.05) is 32.6 Å². The molecule has 29 heavy (non-hydrogen) atoms. The van der Waals surface area contributed by atoms with E-state index in [-0.39, 0.29) is 22.0 Å². The summed E-state index contributed by atoms with van der Waals surface area (Å²) in [5.41, 5.74) is -1.00. The summed E-state index contributed by atoms with van der Waals surface area (Å²) >= 11 is 0. The predicted octanol–water partition coefficient (Wildman–Crippen LogP) is 1.95. The summed E-state index contributed by atoms with van der Waals surface area (Å²) < 4.78 is 52.2. The van der Waals surface area contributed by atoms with Gasteiger partial charge in [-0.15, -0.1) is 0 Å². The van der Waals surface area contributed by atoms with Crippen molar-refractivity contribution in [3.63, 3.8) is 0 Å². The van der Waals surface area contributed by atoms with Crippen LogP contribution in [0.4, 0.5) is 4.39 Å². The van der Waals surface area contributed by atoms with Gasteiger partial charge in [0.15, 0.2) is 9.84 Å². The lowest BCUT2D eigenvalue weighted by molar-refractivity contribution is -0.00127. The minimum atomic E-state index is -3.61. The lowest BCUT2D eigenvalue weighted by Crippen LogP contribution is -2.41. The summed E-state index contributed by atoms with van der Waals surface area (Å²) in [4.78, 5) is 1.90. The van der Waals surface area contributed by atoms with Gasteiger partial charge in [-0.05, 0) is 65.5 Å². The van der Waals surface area contributed by atoms with E-state index >= 15 is 0 Å². The van der Waals surface area contributed by atoms with Crippen LogP contribution in [0.3, 0.4) is 0 Å². The second-order valence-corrected chi connectivity index (χ2v) is 11.2. The molecule has 1 atom stereocenters. The number of aliphatic hydroxyl groups excluding tert-OH is 1. The minimum Gasteiger partial charge on any atom is -0.399 e. The smallest absolute Gasteiger partial charge is 0.399 e. The van der Waals surface area contributed by atoms with Gasteiger partial charge in [0.05, 0.1) is 21.9 Å². The highest BCUT2D eigenvalue weighted by atomic mass is 32.2. The zero-order chi connectivity index (χ0) is 21.6. The van der Waals surface area contributed by atoms with Crippen LogP contribution < -0.4 is 5.46 Å². The van der Waals surface area contributed by atoms with Crippen molar-refractivity contribution in [2.75, 3.05) is 18.8 Å². The lowest BCUT2D eigenvalue weighted by atomic mass is 9.79. The molecule has 0 spiro atoms. The van der Waals surface area contributed by atoms with Gasteiger partial charge in [0, 0.05) is 18.6 Å². The number of hydrogen-bond donors (Lipinski definition) is 1. The molecular weight excluding hydrogens is 396 g/mol. The fraction of sp³-hybridized carbons (Fsp3) is 0.700. The van der Waals surface area contributed by atoms with Crippen molar-refractivity contribution in [2.24, 2.45) is 5.92 Å². The van der Waals surface area contributed by atoms with Crippen LogP contribution in [0.2, 0.25) is 0 Å². The van der Waals surface area contributed by atoms with Crippen molar-refractivity contribution in [3.05, 3.63) is 24.0 Å². The predicted molar refractivity (Wildman–Crippen MR) is 110 cm³/mol. The molecule has 0 bridgehead atoms. The Morgan fingerprint density at radius 3 is 2.24 bits per heavy atom. The third kappa shape index (κ3) is 4.69. The Morgan fingerprint density at radius 2 is 1.76 bits per heavy atom. The van der Waals surface area contributed by atoms with Gasteiger partial charge in [0.1, 0.15) is 12.0 Å². The van der Waals surface area contributed by atoms with Crippen molar-refractivity contribution >= 4 is 22.4 Å². The quantitative estimate of drug-likeness (QED) is 0.725. The third-order valence-electron chi connectivity index (χ3n) is 6.47. The van der Waals surface area contributed by atoms with Gasteiger partial charge in [-0.3, -0.25) is 4.90 Å². The SMILES string of the molecule is CC(O)N1CCC(CS(=O)(=O)c2ccc(B3OC(C)(C)C(C)(C)O3)c(F)c2)CC1. The largest absolute Gasteiger partial charge is 0.497 e. The van der Waals surface area contributed by atoms with Crippen molar-refractivity contribution in [1.82, 2.24) is 4.90 Å². The summed E-state index contributed by atoms with van der Waals surface area (Å²) in [5.74, 6) is -0.662. The number of sulfone groups is 1. The first-order chi connectivity index (χ1) is 13.3. The Hall–Kier alpha value is -0.995. The van der Waals surface area contributed by atoms with Crippen LogP contribution in [-0.2, 0) is 19.1 Å². The van der Waals surface area contributed by atoms with E-state index in [0.29, 0.717) is 25.9 Å². The molecule has 3 rings (SSSR count). The average Bonchev–Trinajstić information content (AvgIpc) is 2.82. The molecule has 2 aliphatic rings. The number of piperidine rings is 1. The molecule has 1 aromatic carbocycles. The van der Waals surface area contributed by atoms with Gasteiger partial charge < -0.3 is 14.4 Å². The Labute approximate surface area is 173 Å². The molecule has 1 unspecified atom stereocenters. The summed E-state index contributed by atoms with van der Waals surface area (Å²) in [5, 5.41) is 9.63.